The zero-order valence-corrected chi connectivity index (χ0v) is 22.1. The first kappa shape index (κ1) is 27.4. The van der Waals surface area contributed by atoms with E-state index in [-0.39, 0.29) is 35.9 Å². The monoisotopic (exact) mass is 576 g/mol. The van der Waals surface area contributed by atoms with Gasteiger partial charge in [0.1, 0.15) is 5.82 Å². The topological polar surface area (TPSA) is 72.4 Å². The second-order valence-corrected chi connectivity index (χ2v) is 8.24. The number of piperazine rings is 1. The summed E-state index contributed by atoms with van der Waals surface area (Å²) in [6.45, 7) is 9.08. The van der Waals surface area contributed by atoms with Crippen LogP contribution in [0.3, 0.4) is 0 Å². The summed E-state index contributed by atoms with van der Waals surface area (Å²) in [6.07, 6.45) is 2.56. The number of anilines is 1. The Labute approximate surface area is 213 Å². The van der Waals surface area contributed by atoms with Gasteiger partial charge in [-0.05, 0) is 44.9 Å². The largest absolute Gasteiger partial charge is 0.450 e. The van der Waals surface area contributed by atoms with E-state index in [0.717, 1.165) is 64.5 Å². The van der Waals surface area contributed by atoms with Gasteiger partial charge in [-0.15, -0.1) is 24.0 Å². The van der Waals surface area contributed by atoms with Gasteiger partial charge in [0.2, 0.25) is 0 Å². The molecule has 2 aliphatic rings. The summed E-state index contributed by atoms with van der Waals surface area (Å²) < 4.78 is 19.1. The Kier molecular flexibility index (Phi) is 12.0. The van der Waals surface area contributed by atoms with Crippen LogP contribution in [0.5, 0.6) is 0 Å². The molecule has 1 aromatic carbocycles. The smallest absolute Gasteiger partial charge is 0.409 e. The lowest BCUT2D eigenvalue weighted by Crippen LogP contribution is -2.50. The van der Waals surface area contributed by atoms with Gasteiger partial charge in [-0.3, -0.25) is 9.89 Å². The number of benzene rings is 1. The van der Waals surface area contributed by atoms with Crippen molar-refractivity contribution in [3.8, 4) is 0 Å². The van der Waals surface area contributed by atoms with Crippen molar-refractivity contribution in [2.24, 2.45) is 4.99 Å². The summed E-state index contributed by atoms with van der Waals surface area (Å²) in [5, 5.41) is 6.87. The van der Waals surface area contributed by atoms with E-state index in [2.05, 4.69) is 25.4 Å². The van der Waals surface area contributed by atoms with Crippen LogP contribution in [0.4, 0.5) is 14.9 Å². The molecule has 0 aromatic heterocycles. The molecule has 0 aliphatic carbocycles. The minimum absolute atomic E-state index is 0. The Bertz CT molecular complexity index is 752. The second-order valence-electron chi connectivity index (χ2n) is 8.24. The molecule has 0 saturated carbocycles. The van der Waals surface area contributed by atoms with Crippen molar-refractivity contribution >= 4 is 41.7 Å². The Morgan fingerprint density at radius 2 is 1.85 bits per heavy atom. The van der Waals surface area contributed by atoms with Gasteiger partial charge in [0, 0.05) is 58.9 Å². The van der Waals surface area contributed by atoms with Gasteiger partial charge in [-0.2, -0.15) is 0 Å². The summed E-state index contributed by atoms with van der Waals surface area (Å²) in [6, 6.07) is 7.31. The highest BCUT2D eigenvalue weighted by Crippen LogP contribution is 2.20. The third-order valence-corrected chi connectivity index (χ3v) is 6.09. The molecule has 186 valence electrons. The van der Waals surface area contributed by atoms with Crippen molar-refractivity contribution in [3.63, 3.8) is 0 Å². The Morgan fingerprint density at radius 3 is 2.48 bits per heavy atom. The maximum atomic E-state index is 14.0. The van der Waals surface area contributed by atoms with Crippen molar-refractivity contribution in [2.45, 2.75) is 32.2 Å². The summed E-state index contributed by atoms with van der Waals surface area (Å²) in [5.74, 6) is 0.666. The molecule has 0 bridgehead atoms. The molecule has 1 aromatic rings. The fraction of sp³-hybridized carbons (Fsp3) is 0.652. The zero-order chi connectivity index (χ0) is 22.8. The lowest BCUT2D eigenvalue weighted by atomic mass is 10.1. The van der Waals surface area contributed by atoms with E-state index in [9.17, 15) is 9.18 Å². The average Bonchev–Trinajstić information content (AvgIpc) is 2.82. The van der Waals surface area contributed by atoms with E-state index in [0.29, 0.717) is 31.4 Å². The number of para-hydroxylation sites is 1. The standard InChI is InChI=1S/C23H37FN6O2.HI/c1-3-32-23(31)30-13-9-19(10-14-30)27-22(25-2)26-11-6-12-28-15-17-29(18-16-28)21-8-5-4-7-20(21)24;/h4-5,7-8,19H,3,6,9-18H2,1-2H3,(H2,25,26,27);1H. The van der Waals surface area contributed by atoms with Crippen LogP contribution in [0.15, 0.2) is 29.3 Å². The Hall–Kier alpha value is -1.82. The van der Waals surface area contributed by atoms with Crippen LogP contribution in [0.1, 0.15) is 26.2 Å². The fourth-order valence-corrected chi connectivity index (χ4v) is 4.24. The fourth-order valence-electron chi connectivity index (χ4n) is 4.24. The number of amides is 1. The molecule has 2 saturated heterocycles. The molecule has 2 heterocycles. The normalized spacial score (nSPS) is 18.0. The Morgan fingerprint density at radius 1 is 1.15 bits per heavy atom. The van der Waals surface area contributed by atoms with Gasteiger partial charge in [0.15, 0.2) is 5.96 Å². The van der Waals surface area contributed by atoms with Gasteiger partial charge in [-0.1, -0.05) is 12.1 Å². The van der Waals surface area contributed by atoms with Gasteiger partial charge in [0.05, 0.1) is 12.3 Å². The van der Waals surface area contributed by atoms with E-state index in [1.54, 1.807) is 18.0 Å². The highest BCUT2D eigenvalue weighted by Gasteiger charge is 2.24. The number of halogens is 2. The number of nitrogens with zero attached hydrogens (tertiary/aromatic N) is 4. The van der Waals surface area contributed by atoms with Crippen LogP contribution in [0.25, 0.3) is 0 Å². The van der Waals surface area contributed by atoms with Crippen LogP contribution in [0.2, 0.25) is 0 Å². The predicted molar refractivity (Wildman–Crippen MR) is 141 cm³/mol. The number of nitrogens with one attached hydrogen (secondary N) is 2. The van der Waals surface area contributed by atoms with Crippen molar-refractivity contribution in [3.05, 3.63) is 30.1 Å². The first-order valence-electron chi connectivity index (χ1n) is 11.7. The van der Waals surface area contributed by atoms with Gasteiger partial charge in [-0.25, -0.2) is 9.18 Å². The van der Waals surface area contributed by atoms with Gasteiger partial charge >= 0.3 is 6.09 Å². The molecule has 0 spiro atoms. The predicted octanol–water partition coefficient (Wildman–Crippen LogP) is 2.74. The highest BCUT2D eigenvalue weighted by molar-refractivity contribution is 14.0. The van der Waals surface area contributed by atoms with Crippen LogP contribution in [-0.4, -0.2) is 93.9 Å². The van der Waals surface area contributed by atoms with Crippen molar-refractivity contribution in [1.29, 1.82) is 0 Å². The summed E-state index contributed by atoms with van der Waals surface area (Å²) in [5.41, 5.74) is 0.705. The van der Waals surface area contributed by atoms with Crippen molar-refractivity contribution in [1.82, 2.24) is 20.4 Å². The summed E-state index contributed by atoms with van der Waals surface area (Å²) in [7, 11) is 1.78. The summed E-state index contributed by atoms with van der Waals surface area (Å²) in [4.78, 5) is 22.5. The number of piperidine rings is 1. The molecule has 2 N–H and O–H groups in total. The van der Waals surface area contributed by atoms with E-state index in [1.165, 1.54) is 6.07 Å². The van der Waals surface area contributed by atoms with Crippen LogP contribution >= 0.6 is 24.0 Å². The Balaban J connectivity index is 0.00000385. The third kappa shape index (κ3) is 8.47. The van der Waals surface area contributed by atoms with Gasteiger partial charge < -0.3 is 25.2 Å². The molecule has 2 fully saturated rings. The lowest BCUT2D eigenvalue weighted by molar-refractivity contribution is 0.0963. The molecule has 33 heavy (non-hydrogen) atoms. The van der Waals surface area contributed by atoms with E-state index >= 15 is 0 Å². The zero-order valence-electron chi connectivity index (χ0n) is 19.8. The number of hydrogen-bond donors (Lipinski definition) is 2. The van der Waals surface area contributed by atoms with E-state index in [1.807, 2.05) is 19.1 Å². The highest BCUT2D eigenvalue weighted by atomic mass is 127. The molecular formula is C23H38FIN6O2. The second kappa shape index (κ2) is 14.4. The maximum Gasteiger partial charge on any atom is 0.409 e. The van der Waals surface area contributed by atoms with Crippen molar-refractivity contribution < 1.29 is 13.9 Å². The molecule has 8 nitrogen and oxygen atoms in total. The van der Waals surface area contributed by atoms with Gasteiger partial charge in [0.25, 0.3) is 0 Å². The van der Waals surface area contributed by atoms with Crippen molar-refractivity contribution in [2.75, 3.05) is 70.9 Å². The summed E-state index contributed by atoms with van der Waals surface area (Å²) >= 11 is 0. The number of aliphatic imine (C=N–C) groups is 1. The lowest BCUT2D eigenvalue weighted by Gasteiger charge is -2.36. The molecule has 3 rings (SSSR count). The molecule has 0 unspecified atom stereocenters. The number of likely N-dealkylation sites (tertiary alicyclic amines) is 1. The minimum Gasteiger partial charge on any atom is -0.450 e. The third-order valence-electron chi connectivity index (χ3n) is 6.09. The number of guanidine groups is 1. The molecule has 0 atom stereocenters. The number of carbonyl (C=O) groups excluding carboxylic acids is 1. The molecule has 0 radical (unpaired) electrons. The maximum absolute atomic E-state index is 14.0. The number of ether oxygens (including phenoxy) is 1. The number of hydrogen-bond acceptors (Lipinski definition) is 5. The minimum atomic E-state index is -0.219. The number of rotatable bonds is 7. The first-order chi connectivity index (χ1) is 15.6. The quantitative estimate of drug-likeness (QED) is 0.225. The first-order valence-corrected chi connectivity index (χ1v) is 11.7. The van der Waals surface area contributed by atoms with Crippen LogP contribution in [0, 0.1) is 5.82 Å². The molecule has 2 aliphatic heterocycles. The number of carbonyl (C=O) groups is 1. The van der Waals surface area contributed by atoms with Crippen LogP contribution in [-0.2, 0) is 4.74 Å². The van der Waals surface area contributed by atoms with E-state index in [4.69, 9.17) is 4.74 Å². The molecule has 1 amide bonds. The molecule has 10 heteroatoms. The van der Waals surface area contributed by atoms with E-state index < -0.39 is 0 Å². The molecular weight excluding hydrogens is 538 g/mol. The average molecular weight is 576 g/mol. The SMILES string of the molecule is CCOC(=O)N1CCC(NC(=NC)NCCCN2CCN(c3ccccc3F)CC2)CC1.I. The van der Waals surface area contributed by atoms with Crippen LogP contribution < -0.4 is 15.5 Å².